The van der Waals surface area contributed by atoms with Crippen LogP contribution < -0.4 is 28.6 Å². The van der Waals surface area contributed by atoms with Gasteiger partial charge in [0.1, 0.15) is 6.54 Å². The van der Waals surface area contributed by atoms with Crippen LogP contribution in [0.3, 0.4) is 0 Å². The van der Waals surface area contributed by atoms with Crippen LogP contribution in [0.4, 0.5) is 5.69 Å². The number of nitrogens with zero attached hydrogens (tertiary/aromatic N) is 3. The fourth-order valence-corrected chi connectivity index (χ4v) is 6.93. The molecule has 1 amide bonds. The zero-order valence-corrected chi connectivity index (χ0v) is 29.5. The zero-order valence-electron chi connectivity index (χ0n) is 29.5. The number of carbonyl (C=O) groups is 2. The average molecular weight is 677 g/mol. The second-order valence-corrected chi connectivity index (χ2v) is 13.7. The molecule has 0 bridgehead atoms. The molecule has 0 spiro atoms. The number of aliphatic carboxylic acids is 1. The highest BCUT2D eigenvalue weighted by atomic mass is 16.7. The van der Waals surface area contributed by atoms with Gasteiger partial charge in [0.2, 0.25) is 18.4 Å². The number of methoxy groups -OCH3 is 2. The Bertz CT molecular complexity index is 1610. The van der Waals surface area contributed by atoms with E-state index in [1.807, 2.05) is 58.3 Å². The highest BCUT2D eigenvalue weighted by molar-refractivity contribution is 5.95. The number of unbranched alkanes of at least 4 members (excludes halogenated alkanes) is 1. The first-order chi connectivity index (χ1) is 23.5. The number of likely N-dealkylation sites (tertiary alicyclic amines) is 1. The second kappa shape index (κ2) is 15.8. The lowest BCUT2D eigenvalue weighted by Gasteiger charge is -2.30. The Labute approximate surface area is 289 Å². The Balaban J connectivity index is 1.46. The predicted molar refractivity (Wildman–Crippen MR) is 187 cm³/mol. The van der Waals surface area contributed by atoms with E-state index in [1.165, 1.54) is 0 Å². The first-order valence-electron chi connectivity index (χ1n) is 16.9. The Morgan fingerprint density at radius 3 is 2.43 bits per heavy atom. The van der Waals surface area contributed by atoms with Gasteiger partial charge in [0.05, 0.1) is 54.4 Å². The summed E-state index contributed by atoms with van der Waals surface area (Å²) < 4.78 is 29.3. The molecule has 0 aromatic heterocycles. The molecule has 2 aliphatic heterocycles. The van der Waals surface area contributed by atoms with Gasteiger partial charge in [-0.15, -0.1) is 0 Å². The molecule has 0 aliphatic carbocycles. The highest BCUT2D eigenvalue weighted by Crippen LogP contribution is 2.47. The van der Waals surface area contributed by atoms with Crippen molar-refractivity contribution in [3.63, 3.8) is 0 Å². The molecular formula is C38H50N3O8+. The quantitative estimate of drug-likeness (QED) is 0.200. The molecule has 0 radical (unpaired) electrons. The molecule has 3 aromatic rings. The maximum absolute atomic E-state index is 14.3. The van der Waals surface area contributed by atoms with Crippen LogP contribution in [0.5, 0.6) is 28.7 Å². The maximum atomic E-state index is 14.3. The van der Waals surface area contributed by atoms with Crippen LogP contribution >= 0.6 is 0 Å². The van der Waals surface area contributed by atoms with Crippen molar-refractivity contribution in [3.05, 3.63) is 71.8 Å². The van der Waals surface area contributed by atoms with Gasteiger partial charge in [0.15, 0.2) is 23.0 Å². The molecule has 3 aromatic carbocycles. The Morgan fingerprint density at radius 2 is 1.73 bits per heavy atom. The normalized spacial score (nSPS) is 18.7. The number of fused-ring (bicyclic) bond motifs is 1. The number of hydrogen-bond acceptors (Lipinski definition) is 8. The number of carboxylic acids is 1. The fourth-order valence-electron chi connectivity index (χ4n) is 6.93. The van der Waals surface area contributed by atoms with E-state index in [1.54, 1.807) is 14.2 Å². The smallest absolute Gasteiger partial charge is 0.308 e. The van der Waals surface area contributed by atoms with Gasteiger partial charge in [-0.1, -0.05) is 37.6 Å². The van der Waals surface area contributed by atoms with Gasteiger partial charge >= 0.3 is 5.97 Å². The lowest BCUT2D eigenvalue weighted by molar-refractivity contribution is -0.884. The van der Waals surface area contributed by atoms with Gasteiger partial charge in [0, 0.05) is 36.3 Å². The van der Waals surface area contributed by atoms with E-state index in [-0.39, 0.29) is 25.9 Å². The van der Waals surface area contributed by atoms with E-state index in [0.717, 1.165) is 40.7 Å². The molecule has 264 valence electrons. The summed E-state index contributed by atoms with van der Waals surface area (Å²) in [6.07, 6.45) is 2.16. The van der Waals surface area contributed by atoms with E-state index >= 15 is 0 Å². The lowest BCUT2D eigenvalue weighted by Crippen LogP contribution is -2.45. The Morgan fingerprint density at radius 1 is 0.980 bits per heavy atom. The van der Waals surface area contributed by atoms with Crippen molar-refractivity contribution in [3.8, 4) is 28.7 Å². The number of carbonyl (C=O) groups excluding carboxylic acids is 1. The summed E-state index contributed by atoms with van der Waals surface area (Å²) in [5.41, 5.74) is 2.76. The number of amides is 1. The number of carboxylic acid groups (broad SMARTS) is 1. The molecule has 1 N–H and O–H groups in total. The highest BCUT2D eigenvalue weighted by Gasteiger charge is 2.47. The van der Waals surface area contributed by atoms with Gasteiger partial charge in [-0.25, -0.2) is 0 Å². The van der Waals surface area contributed by atoms with Crippen LogP contribution in [-0.4, -0.2) is 101 Å². The largest absolute Gasteiger partial charge is 0.493 e. The average Bonchev–Trinajstić information content (AvgIpc) is 3.69. The first kappa shape index (κ1) is 35.8. The minimum absolute atomic E-state index is 0.0601. The van der Waals surface area contributed by atoms with Gasteiger partial charge in [0.25, 0.3) is 0 Å². The molecule has 1 fully saturated rings. The molecule has 1 saturated heterocycles. The number of hydrogen-bond donors (Lipinski definition) is 1. The predicted octanol–water partition coefficient (Wildman–Crippen LogP) is 5.41. The molecule has 11 heteroatoms. The third kappa shape index (κ3) is 8.58. The van der Waals surface area contributed by atoms with Gasteiger partial charge in [-0.05, 0) is 54.8 Å². The Kier molecular flexibility index (Phi) is 11.6. The second-order valence-electron chi connectivity index (χ2n) is 13.7. The van der Waals surface area contributed by atoms with E-state index in [2.05, 4.69) is 40.2 Å². The maximum Gasteiger partial charge on any atom is 0.308 e. The summed E-state index contributed by atoms with van der Waals surface area (Å²) in [5, 5.41) is 10.7. The third-order valence-electron chi connectivity index (χ3n) is 9.14. The first-order valence-corrected chi connectivity index (χ1v) is 16.9. The van der Waals surface area contributed by atoms with E-state index < -0.39 is 23.8 Å². The van der Waals surface area contributed by atoms with Crippen molar-refractivity contribution in [1.82, 2.24) is 4.90 Å². The van der Waals surface area contributed by atoms with Crippen LogP contribution in [0, 0.1) is 5.92 Å². The molecule has 3 atom stereocenters. The third-order valence-corrected chi connectivity index (χ3v) is 9.14. The van der Waals surface area contributed by atoms with E-state index in [9.17, 15) is 14.7 Å². The summed E-state index contributed by atoms with van der Waals surface area (Å²) in [5.74, 6) is 0.410. The van der Waals surface area contributed by atoms with Crippen molar-refractivity contribution >= 4 is 17.6 Å². The lowest BCUT2D eigenvalue weighted by atomic mass is 9.84. The van der Waals surface area contributed by atoms with Crippen LogP contribution in [-0.2, 0) is 16.1 Å². The van der Waals surface area contributed by atoms with Crippen LogP contribution in [0.1, 0.15) is 43.2 Å². The fraction of sp³-hybridized carbons (Fsp3) is 0.474. The monoisotopic (exact) mass is 676 g/mol. The number of benzene rings is 3. The van der Waals surface area contributed by atoms with Crippen molar-refractivity contribution in [2.75, 3.05) is 73.3 Å². The van der Waals surface area contributed by atoms with Crippen molar-refractivity contribution in [2.24, 2.45) is 5.92 Å². The van der Waals surface area contributed by atoms with Crippen molar-refractivity contribution in [1.29, 1.82) is 0 Å². The number of rotatable bonds is 16. The summed E-state index contributed by atoms with van der Waals surface area (Å²) in [4.78, 5) is 31.3. The topological polar surface area (TPSA) is 107 Å². The summed E-state index contributed by atoms with van der Waals surface area (Å²) in [6, 6.07) is 18.7. The number of anilines is 1. The minimum atomic E-state index is -0.935. The number of ether oxygens (including phenoxy) is 5. The summed E-state index contributed by atoms with van der Waals surface area (Å²) >= 11 is 0. The van der Waals surface area contributed by atoms with Crippen molar-refractivity contribution in [2.45, 2.75) is 44.7 Å². The molecule has 49 heavy (non-hydrogen) atoms. The molecule has 0 unspecified atom stereocenters. The Hall–Kier alpha value is -4.48. The molecule has 2 aliphatic rings. The molecular weight excluding hydrogens is 626 g/mol. The van der Waals surface area contributed by atoms with Gasteiger partial charge in [-0.3, -0.25) is 14.5 Å². The number of quaternary nitrogens is 1. The van der Waals surface area contributed by atoms with E-state index in [0.29, 0.717) is 48.3 Å². The van der Waals surface area contributed by atoms with Crippen LogP contribution in [0.15, 0.2) is 60.7 Å². The molecule has 0 saturated carbocycles. The standard InChI is InChI=1S/C38H49N3O8/c1-7-8-17-40(28-13-11-12-26(19-28)24-41(2,3)4)35(42)23-39-22-29(27-20-33(46-6)37-34(21-27)48-25-49-37)36(38(43)44)30(39)16-18-47-32-15-10-9-14-31(32)45-5/h9-15,19-21,29-30,36H,7-8,16-18,22-25H2,1-6H3/p+1/t29-,30+,36-/m1/s1. The van der Waals surface area contributed by atoms with Crippen LogP contribution in [0.2, 0.25) is 0 Å². The van der Waals surface area contributed by atoms with Gasteiger partial charge < -0.3 is 38.2 Å². The zero-order chi connectivity index (χ0) is 35.1. The van der Waals surface area contributed by atoms with E-state index in [4.69, 9.17) is 23.7 Å². The molecule has 11 nitrogen and oxygen atoms in total. The minimum Gasteiger partial charge on any atom is -0.493 e. The summed E-state index contributed by atoms with van der Waals surface area (Å²) in [6.45, 7) is 4.22. The number of para-hydroxylation sites is 2. The summed E-state index contributed by atoms with van der Waals surface area (Å²) in [7, 11) is 9.56. The molecule has 5 rings (SSSR count). The van der Waals surface area contributed by atoms with Gasteiger partial charge in [-0.2, -0.15) is 0 Å². The van der Waals surface area contributed by atoms with Crippen molar-refractivity contribution < 1.29 is 42.9 Å². The molecule has 2 heterocycles. The SMILES string of the molecule is CCCCN(C(=O)CN1C[C@H](c2cc(OC)c3c(c2)OCO3)[C@@H](C(=O)O)[C@@H]1CCOc1ccccc1OC)c1cccc(C[N+](C)(C)C)c1. The van der Waals surface area contributed by atoms with Crippen LogP contribution in [0.25, 0.3) is 0 Å².